The molecule has 34 heavy (non-hydrogen) atoms. The standard InChI is InChI=1S/C24H27N3O5S2/c1-31-21-12-9-18(15-22(21)32-2)20-16-33-24(25-20)26-23(28)17-7-10-19(11-8-17)34(29,30)27-13-5-3-4-6-14-27/h7-12,15-16H,3-6,13-14H2,1-2H3,(H,25,26,28). The highest BCUT2D eigenvalue weighted by atomic mass is 32.2. The number of ether oxygens (including phenoxy) is 2. The summed E-state index contributed by atoms with van der Waals surface area (Å²) in [7, 11) is -0.410. The van der Waals surface area contributed by atoms with E-state index in [1.165, 1.54) is 35.6 Å². The number of thiazole rings is 1. The molecule has 4 rings (SSSR count). The molecule has 1 aliphatic rings. The van der Waals surface area contributed by atoms with Gasteiger partial charge in [-0.1, -0.05) is 12.8 Å². The van der Waals surface area contributed by atoms with Gasteiger partial charge >= 0.3 is 0 Å². The Morgan fingerprint density at radius 2 is 1.65 bits per heavy atom. The Kier molecular flexibility index (Phi) is 7.50. The molecule has 180 valence electrons. The van der Waals surface area contributed by atoms with E-state index in [-0.39, 0.29) is 10.8 Å². The van der Waals surface area contributed by atoms with Crippen molar-refractivity contribution in [3.8, 4) is 22.8 Å². The number of benzene rings is 2. The lowest BCUT2D eigenvalue weighted by molar-refractivity contribution is 0.102. The average Bonchev–Trinajstić information content (AvgIpc) is 3.14. The summed E-state index contributed by atoms with van der Waals surface area (Å²) >= 11 is 1.30. The molecule has 0 saturated carbocycles. The molecule has 1 saturated heterocycles. The zero-order chi connectivity index (χ0) is 24.1. The molecule has 1 N–H and O–H groups in total. The highest BCUT2D eigenvalue weighted by Crippen LogP contribution is 2.33. The van der Waals surface area contributed by atoms with E-state index in [0.29, 0.717) is 41.0 Å². The Morgan fingerprint density at radius 3 is 2.29 bits per heavy atom. The Morgan fingerprint density at radius 1 is 0.971 bits per heavy atom. The van der Waals surface area contributed by atoms with Crippen molar-refractivity contribution in [1.29, 1.82) is 0 Å². The maximum atomic E-state index is 12.9. The molecule has 1 fully saturated rings. The van der Waals surface area contributed by atoms with E-state index in [0.717, 1.165) is 31.2 Å². The van der Waals surface area contributed by atoms with Gasteiger partial charge in [0, 0.05) is 29.6 Å². The highest BCUT2D eigenvalue weighted by molar-refractivity contribution is 7.89. The van der Waals surface area contributed by atoms with Crippen LogP contribution in [0.5, 0.6) is 11.5 Å². The predicted octanol–water partition coefficient (Wildman–Crippen LogP) is 4.64. The lowest BCUT2D eigenvalue weighted by Crippen LogP contribution is -2.31. The van der Waals surface area contributed by atoms with Crippen molar-refractivity contribution in [3.63, 3.8) is 0 Å². The van der Waals surface area contributed by atoms with Gasteiger partial charge in [0.2, 0.25) is 10.0 Å². The van der Waals surface area contributed by atoms with Crippen molar-refractivity contribution in [3.05, 3.63) is 53.4 Å². The maximum Gasteiger partial charge on any atom is 0.257 e. The van der Waals surface area contributed by atoms with Gasteiger partial charge in [-0.15, -0.1) is 11.3 Å². The summed E-state index contributed by atoms with van der Waals surface area (Å²) in [6.07, 6.45) is 3.85. The molecular weight excluding hydrogens is 474 g/mol. The first-order valence-corrected chi connectivity index (χ1v) is 13.3. The van der Waals surface area contributed by atoms with Crippen molar-refractivity contribution < 1.29 is 22.7 Å². The Balaban J connectivity index is 1.45. The van der Waals surface area contributed by atoms with E-state index in [2.05, 4.69) is 10.3 Å². The number of hydrogen-bond acceptors (Lipinski definition) is 7. The lowest BCUT2D eigenvalue weighted by Gasteiger charge is -2.20. The number of sulfonamides is 1. The number of methoxy groups -OCH3 is 2. The van der Waals surface area contributed by atoms with E-state index in [9.17, 15) is 13.2 Å². The van der Waals surface area contributed by atoms with Crippen molar-refractivity contribution >= 4 is 32.4 Å². The molecule has 1 aromatic heterocycles. The van der Waals surface area contributed by atoms with E-state index >= 15 is 0 Å². The molecule has 0 unspecified atom stereocenters. The number of aromatic nitrogens is 1. The summed E-state index contributed by atoms with van der Waals surface area (Å²) in [5.41, 5.74) is 1.88. The van der Waals surface area contributed by atoms with Crippen LogP contribution in [-0.4, -0.2) is 50.9 Å². The third kappa shape index (κ3) is 5.24. The van der Waals surface area contributed by atoms with Crippen molar-refractivity contribution in [2.45, 2.75) is 30.6 Å². The summed E-state index contributed by atoms with van der Waals surface area (Å²) in [5, 5.41) is 5.06. The smallest absolute Gasteiger partial charge is 0.257 e. The number of carbonyl (C=O) groups excluding carboxylic acids is 1. The largest absolute Gasteiger partial charge is 0.493 e. The van der Waals surface area contributed by atoms with Crippen LogP contribution in [0.2, 0.25) is 0 Å². The molecule has 2 aromatic carbocycles. The second kappa shape index (κ2) is 10.5. The monoisotopic (exact) mass is 501 g/mol. The van der Waals surface area contributed by atoms with Crippen LogP contribution in [0.3, 0.4) is 0 Å². The van der Waals surface area contributed by atoms with Gasteiger partial charge < -0.3 is 9.47 Å². The van der Waals surface area contributed by atoms with Gasteiger partial charge in [-0.3, -0.25) is 10.1 Å². The number of carbonyl (C=O) groups is 1. The minimum atomic E-state index is -3.55. The van der Waals surface area contributed by atoms with Crippen molar-refractivity contribution in [1.82, 2.24) is 9.29 Å². The Labute approximate surface area is 203 Å². The third-order valence-corrected chi connectivity index (χ3v) is 8.39. The highest BCUT2D eigenvalue weighted by Gasteiger charge is 2.25. The molecule has 1 amide bonds. The number of anilines is 1. The summed E-state index contributed by atoms with van der Waals surface area (Å²) in [5.74, 6) is 0.858. The van der Waals surface area contributed by atoms with E-state index in [4.69, 9.17) is 9.47 Å². The number of hydrogen-bond donors (Lipinski definition) is 1. The number of rotatable bonds is 7. The van der Waals surface area contributed by atoms with Crippen LogP contribution in [0, 0.1) is 0 Å². The van der Waals surface area contributed by atoms with Gasteiger partial charge in [0.1, 0.15) is 0 Å². The molecule has 0 spiro atoms. The minimum absolute atomic E-state index is 0.205. The summed E-state index contributed by atoms with van der Waals surface area (Å²) < 4.78 is 38.0. The first-order valence-electron chi connectivity index (χ1n) is 11.0. The van der Waals surface area contributed by atoms with Gasteiger partial charge in [0.05, 0.1) is 24.8 Å². The quantitative estimate of drug-likeness (QED) is 0.506. The zero-order valence-corrected chi connectivity index (χ0v) is 20.7. The van der Waals surface area contributed by atoms with Gasteiger partial charge in [-0.2, -0.15) is 4.31 Å². The van der Waals surface area contributed by atoms with Crippen LogP contribution in [0.1, 0.15) is 36.0 Å². The fourth-order valence-corrected chi connectivity index (χ4v) is 6.07. The van der Waals surface area contributed by atoms with E-state index < -0.39 is 10.0 Å². The number of nitrogens with one attached hydrogen (secondary N) is 1. The van der Waals surface area contributed by atoms with Crippen LogP contribution in [0.25, 0.3) is 11.3 Å². The second-order valence-electron chi connectivity index (χ2n) is 7.90. The van der Waals surface area contributed by atoms with Gasteiger partial charge in [0.15, 0.2) is 16.6 Å². The zero-order valence-electron chi connectivity index (χ0n) is 19.1. The summed E-state index contributed by atoms with van der Waals surface area (Å²) in [4.78, 5) is 17.4. The topological polar surface area (TPSA) is 97.8 Å². The van der Waals surface area contributed by atoms with Gasteiger partial charge in [-0.25, -0.2) is 13.4 Å². The molecule has 0 radical (unpaired) electrons. The normalized spacial score (nSPS) is 14.9. The van der Waals surface area contributed by atoms with Crippen LogP contribution in [0.4, 0.5) is 5.13 Å². The molecule has 0 aliphatic carbocycles. The fraction of sp³-hybridized carbons (Fsp3) is 0.333. The van der Waals surface area contributed by atoms with E-state index in [1.807, 2.05) is 17.5 Å². The maximum absolute atomic E-state index is 12.9. The van der Waals surface area contributed by atoms with Gasteiger partial charge in [-0.05, 0) is 55.3 Å². The van der Waals surface area contributed by atoms with Crippen molar-refractivity contribution in [2.24, 2.45) is 0 Å². The summed E-state index contributed by atoms with van der Waals surface area (Å²) in [6, 6.07) is 11.5. The first kappa shape index (κ1) is 24.2. The second-order valence-corrected chi connectivity index (χ2v) is 10.7. The first-order chi connectivity index (χ1) is 16.4. The van der Waals surface area contributed by atoms with Crippen LogP contribution < -0.4 is 14.8 Å². The molecule has 2 heterocycles. The molecule has 0 atom stereocenters. The Hall–Kier alpha value is -2.95. The van der Waals surface area contributed by atoms with Gasteiger partial charge in [0.25, 0.3) is 5.91 Å². The summed E-state index contributed by atoms with van der Waals surface area (Å²) in [6.45, 7) is 1.08. The number of amides is 1. The predicted molar refractivity (Wildman–Crippen MR) is 132 cm³/mol. The van der Waals surface area contributed by atoms with Crippen LogP contribution >= 0.6 is 11.3 Å². The van der Waals surface area contributed by atoms with Crippen LogP contribution in [-0.2, 0) is 10.0 Å². The van der Waals surface area contributed by atoms with Crippen LogP contribution in [0.15, 0.2) is 52.7 Å². The fourth-order valence-electron chi connectivity index (χ4n) is 3.84. The van der Waals surface area contributed by atoms with Crippen molar-refractivity contribution in [2.75, 3.05) is 32.6 Å². The minimum Gasteiger partial charge on any atom is -0.493 e. The Bertz CT molecular complexity index is 1250. The van der Waals surface area contributed by atoms with E-state index in [1.54, 1.807) is 24.6 Å². The molecule has 0 bridgehead atoms. The molecule has 10 heteroatoms. The molecule has 8 nitrogen and oxygen atoms in total. The SMILES string of the molecule is COc1ccc(-c2csc(NC(=O)c3ccc(S(=O)(=O)N4CCCCCC4)cc3)n2)cc1OC. The third-order valence-electron chi connectivity index (χ3n) is 5.72. The molecular formula is C24H27N3O5S2. The lowest BCUT2D eigenvalue weighted by atomic mass is 10.1. The number of nitrogens with zero attached hydrogens (tertiary/aromatic N) is 2. The average molecular weight is 502 g/mol. The molecule has 1 aliphatic heterocycles. The molecule has 3 aromatic rings.